The fraction of sp³-hybridized carbons (Fsp3) is 0.321. The van der Waals surface area contributed by atoms with E-state index in [1.54, 1.807) is 10.9 Å². The second-order valence-electron chi connectivity index (χ2n) is 8.22. The van der Waals surface area contributed by atoms with Gasteiger partial charge in [-0.15, -0.1) is 0 Å². The van der Waals surface area contributed by atoms with Crippen LogP contribution in [-0.2, 0) is 13.0 Å². The molecule has 1 aliphatic rings. The van der Waals surface area contributed by atoms with Crippen molar-refractivity contribution in [1.29, 1.82) is 0 Å². The molecule has 0 amide bonds. The number of nitrogens with zero attached hydrogens (tertiary/aromatic N) is 3. The van der Waals surface area contributed by atoms with Gasteiger partial charge in [-0.3, -0.25) is 9.78 Å². The maximum absolute atomic E-state index is 12.6. The zero-order chi connectivity index (χ0) is 24.5. The van der Waals surface area contributed by atoms with Gasteiger partial charge in [0.05, 0.1) is 23.2 Å². The van der Waals surface area contributed by atoms with Crippen LogP contribution < -0.4 is 16.2 Å². The van der Waals surface area contributed by atoms with E-state index >= 15 is 0 Å². The summed E-state index contributed by atoms with van der Waals surface area (Å²) in [6.07, 6.45) is 4.39. The standard InChI is InChI=1S/C18H18N4O.C8H11N.C2H6/c1-11(2)22-18(23)13-6-3-7-14-17(13)16(21-22)9-15(20-14)12-5-4-8-19-10-12;1-9-7-8-5-3-2-4-6-8;1-2/h3-8,10-11,15,20H,9H2,1-2H3;2-6,9H,7H2,1H3;1-2H3. The lowest BCUT2D eigenvalue weighted by atomic mass is 9.95. The molecule has 1 unspecified atom stereocenters. The van der Waals surface area contributed by atoms with Crippen LogP contribution in [0.3, 0.4) is 0 Å². The lowest BCUT2D eigenvalue weighted by Gasteiger charge is -2.27. The van der Waals surface area contributed by atoms with E-state index in [4.69, 9.17) is 0 Å². The minimum absolute atomic E-state index is 0.0257. The summed E-state index contributed by atoms with van der Waals surface area (Å²) in [7, 11) is 1.95. The van der Waals surface area contributed by atoms with E-state index in [2.05, 4.69) is 38.9 Å². The minimum atomic E-state index is -0.0257. The fourth-order valence-electron chi connectivity index (χ4n) is 4.02. The molecule has 0 spiro atoms. The van der Waals surface area contributed by atoms with Gasteiger partial charge in [0.15, 0.2) is 0 Å². The Morgan fingerprint density at radius 2 is 1.82 bits per heavy atom. The predicted octanol–water partition coefficient (Wildman–Crippen LogP) is 5.51. The second kappa shape index (κ2) is 12.1. The maximum Gasteiger partial charge on any atom is 0.274 e. The van der Waals surface area contributed by atoms with Gasteiger partial charge in [-0.1, -0.05) is 56.3 Å². The van der Waals surface area contributed by atoms with Crippen molar-refractivity contribution in [2.75, 3.05) is 12.4 Å². The Labute approximate surface area is 202 Å². The average Bonchev–Trinajstić information content (AvgIpc) is 2.88. The van der Waals surface area contributed by atoms with Crippen LogP contribution in [0.1, 0.15) is 56.6 Å². The van der Waals surface area contributed by atoms with Gasteiger partial charge in [0.1, 0.15) is 0 Å². The number of nitrogens with one attached hydrogen (secondary N) is 2. The van der Waals surface area contributed by atoms with Gasteiger partial charge in [0.25, 0.3) is 5.56 Å². The first-order chi connectivity index (χ1) is 16.6. The van der Waals surface area contributed by atoms with Gasteiger partial charge in [-0.05, 0) is 50.2 Å². The number of aromatic nitrogens is 3. The molecule has 6 heteroatoms. The molecule has 1 atom stereocenters. The lowest BCUT2D eigenvalue weighted by molar-refractivity contribution is 0.495. The summed E-state index contributed by atoms with van der Waals surface area (Å²) in [5.41, 5.74) is 4.37. The minimum Gasteiger partial charge on any atom is -0.377 e. The van der Waals surface area contributed by atoms with Gasteiger partial charge in [-0.25, -0.2) is 4.68 Å². The summed E-state index contributed by atoms with van der Waals surface area (Å²) >= 11 is 0. The molecule has 2 N–H and O–H groups in total. The maximum atomic E-state index is 12.6. The summed E-state index contributed by atoms with van der Waals surface area (Å²) < 4.78 is 1.59. The molecule has 0 saturated heterocycles. The quantitative estimate of drug-likeness (QED) is 0.423. The first-order valence-electron chi connectivity index (χ1n) is 12.0. The third kappa shape index (κ3) is 5.69. The van der Waals surface area contributed by atoms with Gasteiger partial charge < -0.3 is 10.6 Å². The molecule has 2 aromatic carbocycles. The highest BCUT2D eigenvalue weighted by atomic mass is 16.1. The molecular weight excluding hydrogens is 422 g/mol. The van der Waals surface area contributed by atoms with Crippen molar-refractivity contribution in [3.8, 4) is 0 Å². The number of anilines is 1. The summed E-state index contributed by atoms with van der Waals surface area (Å²) in [4.78, 5) is 16.8. The predicted molar refractivity (Wildman–Crippen MR) is 141 cm³/mol. The van der Waals surface area contributed by atoms with Crippen molar-refractivity contribution >= 4 is 16.5 Å². The fourth-order valence-corrected chi connectivity index (χ4v) is 4.02. The largest absolute Gasteiger partial charge is 0.377 e. The molecule has 6 nitrogen and oxygen atoms in total. The smallest absolute Gasteiger partial charge is 0.274 e. The third-order valence-electron chi connectivity index (χ3n) is 5.55. The van der Waals surface area contributed by atoms with Gasteiger partial charge in [-0.2, -0.15) is 5.10 Å². The van der Waals surface area contributed by atoms with Crippen molar-refractivity contribution in [3.05, 3.63) is 100 Å². The molecule has 3 heterocycles. The van der Waals surface area contributed by atoms with Crippen LogP contribution >= 0.6 is 0 Å². The summed E-state index contributed by atoms with van der Waals surface area (Å²) in [5.74, 6) is 0. The van der Waals surface area contributed by atoms with E-state index < -0.39 is 0 Å². The van der Waals surface area contributed by atoms with Gasteiger partial charge >= 0.3 is 0 Å². The van der Waals surface area contributed by atoms with Crippen molar-refractivity contribution in [3.63, 3.8) is 0 Å². The molecule has 4 aromatic rings. The van der Waals surface area contributed by atoms with E-state index in [1.807, 2.05) is 83.4 Å². The monoisotopic (exact) mass is 457 g/mol. The Hall–Kier alpha value is -3.51. The Morgan fingerprint density at radius 1 is 1.06 bits per heavy atom. The number of benzene rings is 2. The second-order valence-corrected chi connectivity index (χ2v) is 8.22. The lowest BCUT2D eigenvalue weighted by Crippen LogP contribution is -2.29. The Kier molecular flexibility index (Phi) is 8.93. The van der Waals surface area contributed by atoms with E-state index in [9.17, 15) is 4.79 Å². The highest BCUT2D eigenvalue weighted by Crippen LogP contribution is 2.35. The molecular formula is C28H35N5O. The molecule has 0 saturated carbocycles. The van der Waals surface area contributed by atoms with E-state index in [-0.39, 0.29) is 17.6 Å². The Balaban J connectivity index is 0.000000248. The van der Waals surface area contributed by atoms with Crippen LogP contribution in [0.15, 0.2) is 77.9 Å². The molecule has 0 aliphatic carbocycles. The average molecular weight is 458 g/mol. The summed E-state index contributed by atoms with van der Waals surface area (Å²) in [6.45, 7) is 8.92. The van der Waals surface area contributed by atoms with Crippen LogP contribution in [0.25, 0.3) is 10.8 Å². The summed E-state index contributed by atoms with van der Waals surface area (Å²) in [6, 6.07) is 20.3. The first-order valence-corrected chi connectivity index (χ1v) is 12.0. The van der Waals surface area contributed by atoms with Gasteiger partial charge in [0, 0.05) is 36.4 Å². The highest BCUT2D eigenvalue weighted by Gasteiger charge is 2.25. The van der Waals surface area contributed by atoms with Crippen molar-refractivity contribution < 1.29 is 0 Å². The Morgan fingerprint density at radius 3 is 2.47 bits per heavy atom. The molecule has 1 aliphatic heterocycles. The van der Waals surface area contributed by atoms with E-state index in [0.717, 1.165) is 40.7 Å². The van der Waals surface area contributed by atoms with Crippen molar-refractivity contribution in [2.24, 2.45) is 0 Å². The zero-order valence-electron chi connectivity index (χ0n) is 20.7. The van der Waals surface area contributed by atoms with Gasteiger partial charge in [0.2, 0.25) is 0 Å². The normalized spacial score (nSPS) is 13.9. The number of rotatable bonds is 4. The number of hydrogen-bond donors (Lipinski definition) is 2. The molecule has 2 aromatic heterocycles. The topological polar surface area (TPSA) is 71.8 Å². The highest BCUT2D eigenvalue weighted by molar-refractivity contribution is 5.96. The molecule has 178 valence electrons. The van der Waals surface area contributed by atoms with Crippen LogP contribution in [0.2, 0.25) is 0 Å². The summed E-state index contributed by atoms with van der Waals surface area (Å²) in [5, 5.41) is 12.9. The van der Waals surface area contributed by atoms with Crippen molar-refractivity contribution in [2.45, 2.75) is 52.7 Å². The molecule has 0 bridgehead atoms. The molecule has 0 fully saturated rings. The number of pyridine rings is 1. The van der Waals surface area contributed by atoms with E-state index in [1.165, 1.54) is 5.56 Å². The van der Waals surface area contributed by atoms with Crippen LogP contribution in [0.5, 0.6) is 0 Å². The molecule has 34 heavy (non-hydrogen) atoms. The first kappa shape index (κ1) is 25.1. The van der Waals surface area contributed by atoms with Crippen LogP contribution in [-0.4, -0.2) is 21.8 Å². The molecule has 0 radical (unpaired) electrons. The van der Waals surface area contributed by atoms with E-state index in [0.29, 0.717) is 0 Å². The molecule has 5 rings (SSSR count). The Bertz CT molecular complexity index is 1240. The zero-order valence-corrected chi connectivity index (χ0v) is 20.7. The third-order valence-corrected chi connectivity index (χ3v) is 5.55. The van der Waals surface area contributed by atoms with Crippen LogP contribution in [0, 0.1) is 0 Å². The SMILES string of the molecule is CC.CC(C)n1nc2c3c(cccc3c1=O)NC(c1cccnc1)C2.CNCc1ccccc1. The van der Waals surface area contributed by atoms with Crippen molar-refractivity contribution in [1.82, 2.24) is 20.1 Å². The van der Waals surface area contributed by atoms with Crippen LogP contribution in [0.4, 0.5) is 5.69 Å². The number of hydrogen-bond acceptors (Lipinski definition) is 5.